The number of morpholine rings is 1. The number of nitrogen functional groups attached to an aromatic ring is 1. The van der Waals surface area contributed by atoms with Gasteiger partial charge >= 0.3 is 0 Å². The molecular weight excluding hydrogens is 278 g/mol. The van der Waals surface area contributed by atoms with Gasteiger partial charge in [-0.15, -0.1) is 0 Å². The third-order valence-corrected chi connectivity index (χ3v) is 4.93. The largest absolute Gasteiger partial charge is 0.399 e. The molecule has 1 aromatic carbocycles. The Morgan fingerprint density at radius 3 is 2.70 bits per heavy atom. The quantitative estimate of drug-likeness (QED) is 0.758. The second-order valence-electron chi connectivity index (χ2n) is 4.88. The van der Waals surface area contributed by atoms with Crippen LogP contribution in [-0.2, 0) is 14.8 Å². The van der Waals surface area contributed by atoms with Gasteiger partial charge in [0.25, 0.3) is 0 Å². The smallest absolute Gasteiger partial charge is 0.240 e. The Labute approximate surface area is 120 Å². The standard InChI is InChI=1S/C13H21N3O3S/c1-11-10-12(14)2-3-13(11)20(17,18)15-4-5-16-6-8-19-9-7-16/h2-3,10,15H,4-9,14H2,1H3. The lowest BCUT2D eigenvalue weighted by Gasteiger charge is -2.26. The lowest BCUT2D eigenvalue weighted by atomic mass is 10.2. The maximum Gasteiger partial charge on any atom is 0.240 e. The molecular formula is C13H21N3O3S. The molecule has 0 saturated carbocycles. The number of nitrogens with zero attached hydrogens (tertiary/aromatic N) is 1. The Hall–Kier alpha value is -1.15. The molecule has 20 heavy (non-hydrogen) atoms. The van der Waals surface area contributed by atoms with E-state index < -0.39 is 10.0 Å². The lowest BCUT2D eigenvalue weighted by Crippen LogP contribution is -2.41. The minimum absolute atomic E-state index is 0.286. The highest BCUT2D eigenvalue weighted by Crippen LogP contribution is 2.17. The zero-order chi connectivity index (χ0) is 14.6. The summed E-state index contributed by atoms with van der Waals surface area (Å²) >= 11 is 0. The summed E-state index contributed by atoms with van der Waals surface area (Å²) in [4.78, 5) is 2.47. The number of hydrogen-bond acceptors (Lipinski definition) is 5. The van der Waals surface area contributed by atoms with Gasteiger partial charge in [-0.05, 0) is 30.7 Å². The van der Waals surface area contributed by atoms with Crippen LogP contribution < -0.4 is 10.5 Å². The highest BCUT2D eigenvalue weighted by Gasteiger charge is 2.17. The van der Waals surface area contributed by atoms with Crippen molar-refractivity contribution in [2.45, 2.75) is 11.8 Å². The number of sulfonamides is 1. The van der Waals surface area contributed by atoms with E-state index in [0.29, 0.717) is 37.6 Å². The van der Waals surface area contributed by atoms with Crippen LogP contribution in [0, 0.1) is 6.92 Å². The number of nitrogens with two attached hydrogens (primary N) is 1. The van der Waals surface area contributed by atoms with Gasteiger partial charge in [-0.2, -0.15) is 0 Å². The predicted octanol–water partition coefficient (Wildman–Crippen LogP) is 0.188. The van der Waals surface area contributed by atoms with Crippen LogP contribution >= 0.6 is 0 Å². The van der Waals surface area contributed by atoms with Crippen molar-refractivity contribution in [3.05, 3.63) is 23.8 Å². The molecule has 0 bridgehead atoms. The minimum atomic E-state index is -3.47. The first-order valence-electron chi connectivity index (χ1n) is 6.65. The molecule has 0 aromatic heterocycles. The van der Waals surface area contributed by atoms with Gasteiger partial charge in [-0.25, -0.2) is 13.1 Å². The van der Waals surface area contributed by atoms with Crippen LogP contribution in [0.2, 0.25) is 0 Å². The minimum Gasteiger partial charge on any atom is -0.399 e. The van der Waals surface area contributed by atoms with Crippen molar-refractivity contribution >= 4 is 15.7 Å². The number of benzene rings is 1. The van der Waals surface area contributed by atoms with Crippen LogP contribution in [0.5, 0.6) is 0 Å². The molecule has 0 aliphatic carbocycles. The first kappa shape index (κ1) is 15.2. The van der Waals surface area contributed by atoms with Crippen molar-refractivity contribution in [1.82, 2.24) is 9.62 Å². The summed E-state index contributed by atoms with van der Waals surface area (Å²) < 4.78 is 32.3. The normalized spacial score (nSPS) is 17.2. The highest BCUT2D eigenvalue weighted by atomic mass is 32.2. The third kappa shape index (κ3) is 3.92. The van der Waals surface area contributed by atoms with E-state index >= 15 is 0 Å². The number of aryl methyl sites for hydroxylation is 1. The fraction of sp³-hybridized carbons (Fsp3) is 0.538. The first-order chi connectivity index (χ1) is 9.49. The second-order valence-corrected chi connectivity index (χ2v) is 6.61. The van der Waals surface area contributed by atoms with Crippen LogP contribution in [-0.4, -0.2) is 52.7 Å². The number of hydrogen-bond donors (Lipinski definition) is 2. The Kier molecular flexibility index (Phi) is 4.98. The summed E-state index contributed by atoms with van der Waals surface area (Å²) in [6.45, 7) is 5.95. The third-order valence-electron chi connectivity index (χ3n) is 3.31. The van der Waals surface area contributed by atoms with Crippen LogP contribution in [0.3, 0.4) is 0 Å². The topological polar surface area (TPSA) is 84.7 Å². The molecule has 112 valence electrons. The molecule has 2 rings (SSSR count). The molecule has 1 aromatic rings. The van der Waals surface area contributed by atoms with Crippen molar-refractivity contribution in [3.8, 4) is 0 Å². The van der Waals surface area contributed by atoms with Gasteiger partial charge in [-0.1, -0.05) is 0 Å². The van der Waals surface area contributed by atoms with Gasteiger partial charge in [0.1, 0.15) is 0 Å². The molecule has 1 aliphatic heterocycles. The molecule has 0 spiro atoms. The van der Waals surface area contributed by atoms with E-state index in [0.717, 1.165) is 13.1 Å². The summed E-state index contributed by atoms with van der Waals surface area (Å²) in [5, 5.41) is 0. The molecule has 6 nitrogen and oxygen atoms in total. The predicted molar refractivity (Wildman–Crippen MR) is 78.0 cm³/mol. The van der Waals surface area contributed by atoms with Crippen molar-refractivity contribution < 1.29 is 13.2 Å². The summed E-state index contributed by atoms with van der Waals surface area (Å²) in [6.07, 6.45) is 0. The van der Waals surface area contributed by atoms with E-state index in [9.17, 15) is 8.42 Å². The Balaban J connectivity index is 1.93. The maximum absolute atomic E-state index is 12.2. The molecule has 1 fully saturated rings. The SMILES string of the molecule is Cc1cc(N)ccc1S(=O)(=O)NCCN1CCOCC1. The molecule has 0 atom stereocenters. The second kappa shape index (κ2) is 6.53. The summed E-state index contributed by atoms with van der Waals surface area (Å²) in [5.74, 6) is 0. The van der Waals surface area contributed by atoms with E-state index in [1.54, 1.807) is 25.1 Å². The number of rotatable bonds is 5. The molecule has 0 unspecified atom stereocenters. The van der Waals surface area contributed by atoms with Gasteiger partial charge in [0.05, 0.1) is 18.1 Å². The lowest BCUT2D eigenvalue weighted by molar-refractivity contribution is 0.0390. The average Bonchev–Trinajstić information content (AvgIpc) is 2.39. The van der Waals surface area contributed by atoms with Crippen molar-refractivity contribution in [2.24, 2.45) is 0 Å². The summed E-state index contributed by atoms with van der Waals surface area (Å²) in [7, 11) is -3.47. The molecule has 0 radical (unpaired) electrons. The molecule has 1 heterocycles. The van der Waals surface area contributed by atoms with E-state index in [1.807, 2.05) is 0 Å². The Morgan fingerprint density at radius 1 is 1.35 bits per heavy atom. The maximum atomic E-state index is 12.2. The Bertz CT molecular complexity index is 554. The van der Waals surface area contributed by atoms with E-state index in [-0.39, 0.29) is 4.90 Å². The van der Waals surface area contributed by atoms with Gasteiger partial charge in [0, 0.05) is 31.9 Å². The molecule has 7 heteroatoms. The highest BCUT2D eigenvalue weighted by molar-refractivity contribution is 7.89. The molecule has 3 N–H and O–H groups in total. The van der Waals surface area contributed by atoms with Crippen LogP contribution in [0.25, 0.3) is 0 Å². The molecule has 0 amide bonds. The van der Waals surface area contributed by atoms with E-state index in [4.69, 9.17) is 10.5 Å². The van der Waals surface area contributed by atoms with E-state index in [1.165, 1.54) is 0 Å². The fourth-order valence-electron chi connectivity index (χ4n) is 2.21. The average molecular weight is 299 g/mol. The first-order valence-corrected chi connectivity index (χ1v) is 8.13. The Morgan fingerprint density at radius 2 is 2.05 bits per heavy atom. The van der Waals surface area contributed by atoms with Crippen LogP contribution in [0.4, 0.5) is 5.69 Å². The van der Waals surface area contributed by atoms with Gasteiger partial charge < -0.3 is 10.5 Å². The van der Waals surface area contributed by atoms with Crippen LogP contribution in [0.1, 0.15) is 5.56 Å². The zero-order valence-electron chi connectivity index (χ0n) is 11.6. The van der Waals surface area contributed by atoms with E-state index in [2.05, 4.69) is 9.62 Å². The molecule has 1 aliphatic rings. The van der Waals surface area contributed by atoms with Crippen molar-refractivity contribution in [2.75, 3.05) is 45.1 Å². The number of anilines is 1. The van der Waals surface area contributed by atoms with Gasteiger partial charge in [0.2, 0.25) is 10.0 Å². The number of nitrogens with one attached hydrogen (secondary N) is 1. The number of ether oxygens (including phenoxy) is 1. The van der Waals surface area contributed by atoms with Crippen molar-refractivity contribution in [3.63, 3.8) is 0 Å². The fourth-order valence-corrected chi connectivity index (χ4v) is 3.46. The monoisotopic (exact) mass is 299 g/mol. The van der Waals surface area contributed by atoms with Gasteiger partial charge in [-0.3, -0.25) is 4.90 Å². The zero-order valence-corrected chi connectivity index (χ0v) is 12.4. The van der Waals surface area contributed by atoms with Crippen LogP contribution in [0.15, 0.2) is 23.1 Å². The summed E-state index contributed by atoms with van der Waals surface area (Å²) in [5.41, 5.74) is 6.86. The summed E-state index contributed by atoms with van der Waals surface area (Å²) in [6, 6.07) is 4.81. The van der Waals surface area contributed by atoms with Gasteiger partial charge in [0.15, 0.2) is 0 Å². The molecule has 1 saturated heterocycles. The van der Waals surface area contributed by atoms with Crippen molar-refractivity contribution in [1.29, 1.82) is 0 Å².